The lowest BCUT2D eigenvalue weighted by Gasteiger charge is -2.55. The van der Waals surface area contributed by atoms with Crippen molar-refractivity contribution in [2.45, 2.75) is 11.5 Å². The molecule has 7 nitrogen and oxygen atoms in total. The molecule has 0 bridgehead atoms. The summed E-state index contributed by atoms with van der Waals surface area (Å²) in [5.41, 5.74) is 3.57. The third-order valence-electron chi connectivity index (χ3n) is 6.31. The van der Waals surface area contributed by atoms with Crippen molar-refractivity contribution in [1.82, 2.24) is 19.8 Å². The van der Waals surface area contributed by atoms with Gasteiger partial charge in [0, 0.05) is 53.9 Å². The minimum atomic E-state index is -0.160. The number of pyridine rings is 1. The van der Waals surface area contributed by atoms with Crippen LogP contribution >= 0.6 is 0 Å². The van der Waals surface area contributed by atoms with E-state index in [4.69, 9.17) is 4.74 Å². The molecule has 1 spiro atoms. The number of hydrogen-bond acceptors (Lipinski definition) is 5. The summed E-state index contributed by atoms with van der Waals surface area (Å²) in [4.78, 5) is 24.6. The van der Waals surface area contributed by atoms with E-state index in [1.54, 1.807) is 19.4 Å². The number of likely N-dealkylation sites (N-methyl/N-ethyl adjacent to an activating group) is 1. The molecule has 0 saturated carbocycles. The maximum atomic E-state index is 12.8. The highest BCUT2D eigenvalue weighted by Gasteiger charge is 2.53. The SMILES string of the molecule is COc1ccc2c3c([nH]c2c1)[C@@H](CO)N(C)CC31CN(C(=O)c2ccccn2)C1. The van der Waals surface area contributed by atoms with Crippen molar-refractivity contribution in [1.29, 1.82) is 0 Å². The highest BCUT2D eigenvalue weighted by molar-refractivity contribution is 5.94. The zero-order valence-electron chi connectivity index (χ0n) is 16.6. The smallest absolute Gasteiger partial charge is 0.272 e. The average molecular weight is 392 g/mol. The lowest BCUT2D eigenvalue weighted by atomic mass is 9.69. The Bertz CT molecular complexity index is 1070. The van der Waals surface area contributed by atoms with Crippen LogP contribution in [0.4, 0.5) is 0 Å². The molecule has 2 aliphatic heterocycles. The minimum Gasteiger partial charge on any atom is -0.497 e. The van der Waals surface area contributed by atoms with Gasteiger partial charge in [-0.15, -0.1) is 0 Å². The van der Waals surface area contributed by atoms with Crippen molar-refractivity contribution in [2.24, 2.45) is 0 Å². The number of aliphatic hydroxyl groups excluding tert-OH is 1. The van der Waals surface area contributed by atoms with Gasteiger partial charge in [0.05, 0.1) is 19.8 Å². The molecular weight excluding hydrogens is 368 g/mol. The molecule has 1 aromatic carbocycles. The van der Waals surface area contributed by atoms with Crippen LogP contribution in [0.1, 0.15) is 27.8 Å². The molecule has 2 N–H and O–H groups in total. The van der Waals surface area contributed by atoms with Gasteiger partial charge < -0.3 is 19.7 Å². The van der Waals surface area contributed by atoms with Crippen LogP contribution in [0.3, 0.4) is 0 Å². The molecule has 1 amide bonds. The van der Waals surface area contributed by atoms with Crippen molar-refractivity contribution in [3.63, 3.8) is 0 Å². The lowest BCUT2D eigenvalue weighted by molar-refractivity contribution is 0.00803. The molecule has 7 heteroatoms. The van der Waals surface area contributed by atoms with E-state index in [0.717, 1.165) is 28.9 Å². The predicted octanol–water partition coefficient (Wildman–Crippen LogP) is 1.94. The molecule has 1 fully saturated rings. The van der Waals surface area contributed by atoms with Gasteiger partial charge in [-0.2, -0.15) is 0 Å². The summed E-state index contributed by atoms with van der Waals surface area (Å²) in [6.45, 7) is 2.10. The highest BCUT2D eigenvalue weighted by Crippen LogP contribution is 2.48. The van der Waals surface area contributed by atoms with Gasteiger partial charge >= 0.3 is 0 Å². The molecule has 150 valence electrons. The van der Waals surface area contributed by atoms with E-state index in [2.05, 4.69) is 20.9 Å². The zero-order valence-corrected chi connectivity index (χ0v) is 16.6. The second kappa shape index (κ2) is 6.57. The number of aromatic amines is 1. The monoisotopic (exact) mass is 392 g/mol. The quantitative estimate of drug-likeness (QED) is 0.712. The van der Waals surface area contributed by atoms with E-state index in [1.165, 1.54) is 5.56 Å². The van der Waals surface area contributed by atoms with Crippen molar-refractivity contribution < 1.29 is 14.6 Å². The number of amides is 1. The Kier molecular flexibility index (Phi) is 4.11. The average Bonchev–Trinajstić information content (AvgIpc) is 3.10. The summed E-state index contributed by atoms with van der Waals surface area (Å²) in [5, 5.41) is 11.2. The Balaban J connectivity index is 1.55. The molecule has 5 rings (SSSR count). The number of methoxy groups -OCH3 is 1. The van der Waals surface area contributed by atoms with Gasteiger partial charge in [0.1, 0.15) is 11.4 Å². The predicted molar refractivity (Wildman–Crippen MR) is 109 cm³/mol. The highest BCUT2D eigenvalue weighted by atomic mass is 16.5. The van der Waals surface area contributed by atoms with Crippen LogP contribution in [0.2, 0.25) is 0 Å². The summed E-state index contributed by atoms with van der Waals surface area (Å²) in [6.07, 6.45) is 1.65. The van der Waals surface area contributed by atoms with Crippen molar-refractivity contribution in [3.05, 3.63) is 59.5 Å². The number of benzene rings is 1. The molecule has 0 unspecified atom stereocenters. The number of aliphatic hydroxyl groups is 1. The minimum absolute atomic E-state index is 0.0359. The second-order valence-electron chi connectivity index (χ2n) is 8.10. The molecule has 4 heterocycles. The van der Waals surface area contributed by atoms with Gasteiger partial charge in [0.25, 0.3) is 5.91 Å². The number of ether oxygens (including phenoxy) is 1. The van der Waals surface area contributed by atoms with Crippen molar-refractivity contribution >= 4 is 16.8 Å². The second-order valence-corrected chi connectivity index (χ2v) is 8.10. The first-order valence-electron chi connectivity index (χ1n) is 9.78. The van der Waals surface area contributed by atoms with Crippen molar-refractivity contribution in [3.8, 4) is 5.75 Å². The number of hydrogen-bond donors (Lipinski definition) is 2. The van der Waals surface area contributed by atoms with Gasteiger partial charge in [0.15, 0.2) is 0 Å². The zero-order chi connectivity index (χ0) is 20.2. The summed E-state index contributed by atoms with van der Waals surface area (Å²) in [5.74, 6) is 0.755. The van der Waals surface area contributed by atoms with E-state index in [1.807, 2.05) is 36.2 Å². The van der Waals surface area contributed by atoms with Gasteiger partial charge in [-0.3, -0.25) is 14.7 Å². The molecule has 29 heavy (non-hydrogen) atoms. The number of carbonyl (C=O) groups is 1. The first kappa shape index (κ1) is 18.1. The first-order chi connectivity index (χ1) is 14.1. The summed E-state index contributed by atoms with van der Waals surface area (Å²) in [7, 11) is 3.68. The number of nitrogens with one attached hydrogen (secondary N) is 1. The normalized spacial score (nSPS) is 20.5. The Morgan fingerprint density at radius 1 is 1.31 bits per heavy atom. The molecular formula is C22H24N4O3. The molecule has 2 aromatic heterocycles. The van der Waals surface area contributed by atoms with Crippen LogP contribution in [0.5, 0.6) is 5.75 Å². The fourth-order valence-electron chi connectivity index (χ4n) is 5.00. The molecule has 3 aromatic rings. The van der Waals surface area contributed by atoms with Gasteiger partial charge in [0.2, 0.25) is 0 Å². The number of rotatable bonds is 3. The lowest BCUT2D eigenvalue weighted by Crippen LogP contribution is -2.67. The van der Waals surface area contributed by atoms with E-state index >= 15 is 0 Å². The molecule has 0 aliphatic carbocycles. The number of nitrogens with zero attached hydrogens (tertiary/aromatic N) is 3. The van der Waals surface area contributed by atoms with Crippen LogP contribution in [-0.4, -0.2) is 71.2 Å². The number of fused-ring (bicyclic) bond motifs is 4. The van der Waals surface area contributed by atoms with Crippen LogP contribution < -0.4 is 4.74 Å². The Hall–Kier alpha value is -2.90. The Labute approximate surface area is 168 Å². The van der Waals surface area contributed by atoms with Crippen LogP contribution in [0.15, 0.2) is 42.6 Å². The maximum absolute atomic E-state index is 12.8. The maximum Gasteiger partial charge on any atom is 0.272 e. The van der Waals surface area contributed by atoms with Crippen LogP contribution in [-0.2, 0) is 5.41 Å². The number of aromatic nitrogens is 2. The third-order valence-corrected chi connectivity index (χ3v) is 6.31. The summed E-state index contributed by atoms with van der Waals surface area (Å²) >= 11 is 0. The molecule has 2 aliphatic rings. The Morgan fingerprint density at radius 2 is 2.14 bits per heavy atom. The first-order valence-corrected chi connectivity index (χ1v) is 9.78. The molecule has 1 atom stereocenters. The standard InChI is InChI=1S/C22H24N4O3/c1-25-11-22(12-26(13-22)21(28)16-5-3-4-8-23-16)19-15-7-6-14(29-2)9-17(15)24-20(19)18(25)10-27/h3-9,18,24,27H,10-13H2,1-2H3/t18-/m1/s1. The molecule has 0 radical (unpaired) electrons. The van der Waals surface area contributed by atoms with Crippen molar-refractivity contribution in [2.75, 3.05) is 40.4 Å². The van der Waals surface area contributed by atoms with E-state index in [0.29, 0.717) is 18.8 Å². The third kappa shape index (κ3) is 2.65. The van der Waals surface area contributed by atoms with E-state index in [-0.39, 0.29) is 24.0 Å². The van der Waals surface area contributed by atoms with Gasteiger partial charge in [-0.1, -0.05) is 6.07 Å². The fourth-order valence-corrected chi connectivity index (χ4v) is 5.00. The summed E-state index contributed by atoms with van der Waals surface area (Å²) < 4.78 is 5.38. The summed E-state index contributed by atoms with van der Waals surface area (Å²) in [6, 6.07) is 11.3. The van der Waals surface area contributed by atoms with E-state index < -0.39 is 0 Å². The fraction of sp³-hybridized carbons (Fsp3) is 0.364. The Morgan fingerprint density at radius 3 is 2.83 bits per heavy atom. The van der Waals surface area contributed by atoms with Crippen LogP contribution in [0.25, 0.3) is 10.9 Å². The number of likely N-dealkylation sites (tertiary alicyclic amines) is 1. The van der Waals surface area contributed by atoms with Gasteiger partial charge in [-0.05, 0) is 36.9 Å². The largest absolute Gasteiger partial charge is 0.497 e. The topological polar surface area (TPSA) is 81.7 Å². The van der Waals surface area contributed by atoms with Gasteiger partial charge in [-0.25, -0.2) is 0 Å². The van der Waals surface area contributed by atoms with Crippen LogP contribution in [0, 0.1) is 0 Å². The number of carbonyl (C=O) groups excluding carboxylic acids is 1. The number of H-pyrrole nitrogens is 1. The molecule has 1 saturated heterocycles. The van der Waals surface area contributed by atoms with E-state index in [9.17, 15) is 9.90 Å².